The van der Waals surface area contributed by atoms with E-state index in [1.54, 1.807) is 18.5 Å². The summed E-state index contributed by atoms with van der Waals surface area (Å²) >= 11 is 0. The molecule has 3 aromatic rings. The van der Waals surface area contributed by atoms with Gasteiger partial charge >= 0.3 is 0 Å². The van der Waals surface area contributed by atoms with Gasteiger partial charge in [-0.3, -0.25) is 0 Å². The lowest BCUT2D eigenvalue weighted by molar-refractivity contribution is 0.403. The number of aryl methyl sites for hydroxylation is 1. The first-order chi connectivity index (χ1) is 13.9. The molecular weight excluding hydrogens is 366 g/mol. The average molecular weight is 391 g/mol. The van der Waals surface area contributed by atoms with Gasteiger partial charge in [0.1, 0.15) is 12.1 Å². The number of fused-ring (bicyclic) bond motifs is 1. The van der Waals surface area contributed by atoms with Gasteiger partial charge in [0.2, 0.25) is 0 Å². The van der Waals surface area contributed by atoms with Crippen LogP contribution in [0.3, 0.4) is 0 Å². The van der Waals surface area contributed by atoms with E-state index < -0.39 is 0 Å². The highest BCUT2D eigenvalue weighted by Gasteiger charge is 2.23. The maximum Gasteiger partial charge on any atom is 0.157 e. The van der Waals surface area contributed by atoms with Crippen LogP contribution in [-0.2, 0) is 13.0 Å². The van der Waals surface area contributed by atoms with Gasteiger partial charge in [-0.2, -0.15) is 0 Å². The summed E-state index contributed by atoms with van der Waals surface area (Å²) in [7, 11) is 0. The van der Waals surface area contributed by atoms with Crippen LogP contribution in [0.2, 0.25) is 0 Å². The number of nitrogen functional groups attached to an aromatic ring is 1. The summed E-state index contributed by atoms with van der Waals surface area (Å²) in [5.41, 5.74) is 12.1. The number of hydrogen-bond acceptors (Lipinski definition) is 7. The van der Waals surface area contributed by atoms with Gasteiger partial charge in [-0.05, 0) is 49.2 Å². The van der Waals surface area contributed by atoms with Gasteiger partial charge in [0.05, 0.1) is 23.1 Å². The molecule has 0 saturated heterocycles. The van der Waals surface area contributed by atoms with Crippen molar-refractivity contribution >= 4 is 17.2 Å². The molecule has 0 bridgehead atoms. The van der Waals surface area contributed by atoms with Crippen molar-refractivity contribution in [3.05, 3.63) is 65.1 Å². The van der Waals surface area contributed by atoms with Crippen molar-refractivity contribution in [3.63, 3.8) is 0 Å². The second kappa shape index (κ2) is 7.50. The van der Waals surface area contributed by atoms with E-state index in [-0.39, 0.29) is 17.5 Å². The first-order valence-corrected chi connectivity index (χ1v) is 9.64. The van der Waals surface area contributed by atoms with Gasteiger partial charge in [-0.15, -0.1) is 0 Å². The number of nitrogens with zero attached hydrogens (tertiary/aromatic N) is 3. The molecule has 150 valence electrons. The van der Waals surface area contributed by atoms with Crippen LogP contribution in [0.25, 0.3) is 0 Å². The van der Waals surface area contributed by atoms with E-state index in [0.29, 0.717) is 6.54 Å². The average Bonchev–Trinajstić information content (AvgIpc) is 2.70. The maximum absolute atomic E-state index is 9.79. The smallest absolute Gasteiger partial charge is 0.157 e. The van der Waals surface area contributed by atoms with Crippen LogP contribution < -0.4 is 16.0 Å². The lowest BCUT2D eigenvalue weighted by Crippen LogP contribution is -2.32. The van der Waals surface area contributed by atoms with E-state index in [1.807, 2.05) is 19.9 Å². The predicted octanol–water partition coefficient (Wildman–Crippen LogP) is 3.51. The molecule has 5 N–H and O–H groups in total. The van der Waals surface area contributed by atoms with E-state index in [0.717, 1.165) is 52.5 Å². The van der Waals surface area contributed by atoms with Crippen molar-refractivity contribution in [2.45, 2.75) is 32.9 Å². The molecule has 1 atom stereocenters. The van der Waals surface area contributed by atoms with Crippen LogP contribution in [-0.4, -0.2) is 26.7 Å². The van der Waals surface area contributed by atoms with Crippen LogP contribution in [0.15, 0.2) is 42.7 Å². The van der Waals surface area contributed by atoms with Gasteiger partial charge in [-0.25, -0.2) is 9.97 Å². The van der Waals surface area contributed by atoms with Crippen molar-refractivity contribution in [2.75, 3.05) is 22.5 Å². The standard InChI is InChI=1S/C22H25N5O2/c1-13-3-5-19(17(23)9-13)27-8-7-18-16(11-27)22(25-12-24-18)26-14(2)15-4-6-20(28)21(29)10-15/h3-6,9-10,12,14,28-29H,7-8,11,23H2,1-2H3,(H,24,25,26)/t14-/m0/s1. The molecular formula is C22H25N5O2. The number of aromatic hydroxyl groups is 2. The fourth-order valence-corrected chi connectivity index (χ4v) is 3.73. The zero-order valence-corrected chi connectivity index (χ0v) is 16.6. The van der Waals surface area contributed by atoms with Gasteiger partial charge in [0.25, 0.3) is 0 Å². The van der Waals surface area contributed by atoms with Crippen LogP contribution in [0.1, 0.15) is 35.3 Å². The number of hydrogen-bond donors (Lipinski definition) is 4. The molecule has 7 heteroatoms. The molecule has 0 radical (unpaired) electrons. The Morgan fingerprint density at radius 2 is 1.93 bits per heavy atom. The van der Waals surface area contributed by atoms with Crippen molar-refractivity contribution in [1.29, 1.82) is 0 Å². The Hall–Kier alpha value is -3.48. The maximum atomic E-state index is 9.79. The van der Waals surface area contributed by atoms with Crippen molar-refractivity contribution in [2.24, 2.45) is 0 Å². The Morgan fingerprint density at radius 1 is 1.10 bits per heavy atom. The minimum Gasteiger partial charge on any atom is -0.504 e. The number of nitrogens with one attached hydrogen (secondary N) is 1. The van der Waals surface area contributed by atoms with Crippen molar-refractivity contribution in [3.8, 4) is 11.5 Å². The van der Waals surface area contributed by atoms with E-state index in [1.165, 1.54) is 6.07 Å². The van der Waals surface area contributed by atoms with Crippen LogP contribution in [0.4, 0.5) is 17.2 Å². The summed E-state index contributed by atoms with van der Waals surface area (Å²) in [4.78, 5) is 11.2. The normalized spacial score (nSPS) is 14.3. The van der Waals surface area contributed by atoms with Crippen molar-refractivity contribution in [1.82, 2.24) is 9.97 Å². The Morgan fingerprint density at radius 3 is 2.69 bits per heavy atom. The Bertz CT molecular complexity index is 1050. The molecule has 0 fully saturated rings. The van der Waals surface area contributed by atoms with Crippen LogP contribution >= 0.6 is 0 Å². The molecule has 4 rings (SSSR count). The topological polar surface area (TPSA) is 108 Å². The third kappa shape index (κ3) is 3.76. The summed E-state index contributed by atoms with van der Waals surface area (Å²) in [6.07, 6.45) is 2.40. The lowest BCUT2D eigenvalue weighted by Gasteiger charge is -2.32. The Labute approximate surface area is 169 Å². The third-order valence-corrected chi connectivity index (χ3v) is 5.38. The second-order valence-corrected chi connectivity index (χ2v) is 7.50. The minimum atomic E-state index is -0.137. The molecule has 0 amide bonds. The fraction of sp³-hybridized carbons (Fsp3) is 0.273. The highest BCUT2D eigenvalue weighted by molar-refractivity contribution is 5.69. The Kier molecular flexibility index (Phi) is 4.88. The number of nitrogens with two attached hydrogens (primary N) is 1. The van der Waals surface area contributed by atoms with E-state index >= 15 is 0 Å². The number of anilines is 3. The zero-order valence-electron chi connectivity index (χ0n) is 16.6. The molecule has 1 aliphatic heterocycles. The van der Waals surface area contributed by atoms with E-state index in [4.69, 9.17) is 5.73 Å². The predicted molar refractivity (Wildman–Crippen MR) is 114 cm³/mol. The molecule has 0 unspecified atom stereocenters. The fourth-order valence-electron chi connectivity index (χ4n) is 3.73. The molecule has 0 saturated carbocycles. The molecule has 1 aromatic heterocycles. The molecule has 2 aromatic carbocycles. The summed E-state index contributed by atoms with van der Waals surface area (Å²) in [6, 6.07) is 10.8. The first-order valence-electron chi connectivity index (χ1n) is 9.64. The molecule has 29 heavy (non-hydrogen) atoms. The number of aromatic nitrogens is 2. The second-order valence-electron chi connectivity index (χ2n) is 7.50. The monoisotopic (exact) mass is 391 g/mol. The van der Waals surface area contributed by atoms with Gasteiger partial charge < -0.3 is 26.2 Å². The van der Waals surface area contributed by atoms with E-state index in [9.17, 15) is 10.2 Å². The largest absolute Gasteiger partial charge is 0.504 e. The summed E-state index contributed by atoms with van der Waals surface area (Å²) in [5.74, 6) is 0.499. The summed E-state index contributed by atoms with van der Waals surface area (Å²) < 4.78 is 0. The van der Waals surface area contributed by atoms with Gasteiger partial charge in [-0.1, -0.05) is 12.1 Å². The zero-order chi connectivity index (χ0) is 20.5. The number of rotatable bonds is 4. The quantitative estimate of drug-likeness (QED) is 0.398. The minimum absolute atomic E-state index is 0.111. The highest BCUT2D eigenvalue weighted by atomic mass is 16.3. The SMILES string of the molecule is Cc1ccc(N2CCc3ncnc(N[C@@H](C)c4ccc(O)c(O)c4)c3C2)c(N)c1. The molecule has 0 aliphatic carbocycles. The number of phenolic OH excluding ortho intramolecular Hbond substituents is 2. The number of benzene rings is 2. The van der Waals surface area contributed by atoms with Gasteiger partial charge in [0.15, 0.2) is 11.5 Å². The highest BCUT2D eigenvalue weighted by Crippen LogP contribution is 2.33. The number of phenols is 2. The summed E-state index contributed by atoms with van der Waals surface area (Å²) in [5, 5.41) is 22.8. The van der Waals surface area contributed by atoms with Crippen molar-refractivity contribution < 1.29 is 10.2 Å². The van der Waals surface area contributed by atoms with Crippen LogP contribution in [0, 0.1) is 6.92 Å². The first kappa shape index (κ1) is 18.9. The molecule has 7 nitrogen and oxygen atoms in total. The van der Waals surface area contributed by atoms with Crippen LogP contribution in [0.5, 0.6) is 11.5 Å². The molecule has 1 aliphatic rings. The lowest BCUT2D eigenvalue weighted by atomic mass is 10.0. The van der Waals surface area contributed by atoms with Gasteiger partial charge in [0, 0.05) is 25.1 Å². The third-order valence-electron chi connectivity index (χ3n) is 5.38. The summed E-state index contributed by atoms with van der Waals surface area (Å²) in [6.45, 7) is 5.53. The van der Waals surface area contributed by atoms with E-state index in [2.05, 4.69) is 32.3 Å². The molecule has 2 heterocycles. The Balaban J connectivity index is 1.60. The molecule has 0 spiro atoms.